The molecule has 0 aromatic rings. The molecule has 0 saturated carbocycles. The lowest BCUT2D eigenvalue weighted by Gasteiger charge is -2.18. The minimum absolute atomic E-state index is 0.106. The van der Waals surface area contributed by atoms with Crippen molar-refractivity contribution in [3.05, 3.63) is 122 Å². The predicted octanol–water partition coefficient (Wildman–Crippen LogP) is 18.5. The van der Waals surface area contributed by atoms with Crippen LogP contribution in [0.25, 0.3) is 0 Å². The number of hydrogen-bond acceptors (Lipinski definition) is 6. The Hall–Kier alpha value is -4.19. The first-order valence-electron chi connectivity index (χ1n) is 27.7. The third-order valence-electron chi connectivity index (χ3n) is 11.4. The van der Waals surface area contributed by atoms with E-state index in [9.17, 15) is 14.4 Å². The van der Waals surface area contributed by atoms with Gasteiger partial charge in [-0.2, -0.15) is 0 Å². The van der Waals surface area contributed by atoms with Gasteiger partial charge in [-0.25, -0.2) is 0 Å². The molecule has 384 valence electrons. The van der Waals surface area contributed by atoms with Gasteiger partial charge >= 0.3 is 17.9 Å². The van der Waals surface area contributed by atoms with E-state index < -0.39 is 6.10 Å². The molecule has 0 aliphatic carbocycles. The lowest BCUT2D eigenvalue weighted by Crippen LogP contribution is -2.30. The molecule has 0 spiro atoms. The summed E-state index contributed by atoms with van der Waals surface area (Å²) in [4.78, 5) is 38.1. The zero-order chi connectivity index (χ0) is 49.3. The Morgan fingerprint density at radius 1 is 0.309 bits per heavy atom. The van der Waals surface area contributed by atoms with Gasteiger partial charge in [-0.05, 0) is 89.9 Å². The zero-order valence-electron chi connectivity index (χ0n) is 43.8. The fourth-order valence-electron chi connectivity index (χ4n) is 7.22. The molecule has 0 aromatic heterocycles. The van der Waals surface area contributed by atoms with E-state index in [0.717, 1.165) is 96.3 Å². The van der Waals surface area contributed by atoms with E-state index in [0.29, 0.717) is 12.8 Å². The Morgan fingerprint density at radius 3 is 0.926 bits per heavy atom. The number of esters is 3. The summed E-state index contributed by atoms with van der Waals surface area (Å²) in [7, 11) is 0. The molecule has 0 rings (SSSR count). The fraction of sp³-hybridized carbons (Fsp3) is 0.629. The van der Waals surface area contributed by atoms with E-state index in [1.165, 1.54) is 96.3 Å². The molecule has 0 saturated heterocycles. The third kappa shape index (κ3) is 52.8. The fourth-order valence-corrected chi connectivity index (χ4v) is 7.22. The van der Waals surface area contributed by atoms with Crippen molar-refractivity contribution < 1.29 is 28.6 Å². The number of ether oxygens (including phenoxy) is 3. The second-order valence-corrected chi connectivity index (χ2v) is 18.0. The van der Waals surface area contributed by atoms with E-state index in [-0.39, 0.29) is 37.5 Å². The van der Waals surface area contributed by atoms with Gasteiger partial charge in [0.1, 0.15) is 13.2 Å². The Kier molecular flexibility index (Phi) is 52.0. The van der Waals surface area contributed by atoms with Crippen molar-refractivity contribution in [1.29, 1.82) is 0 Å². The predicted molar refractivity (Wildman–Crippen MR) is 293 cm³/mol. The Labute approximate surface area is 418 Å². The van der Waals surface area contributed by atoms with Crippen LogP contribution < -0.4 is 0 Å². The quantitative estimate of drug-likeness (QED) is 0.0262. The Balaban J connectivity index is 4.49. The maximum Gasteiger partial charge on any atom is 0.306 e. The minimum atomic E-state index is -0.812. The van der Waals surface area contributed by atoms with Gasteiger partial charge in [0, 0.05) is 19.3 Å². The average Bonchev–Trinajstić information content (AvgIpc) is 3.34. The molecule has 0 fully saturated rings. The third-order valence-corrected chi connectivity index (χ3v) is 11.4. The highest BCUT2D eigenvalue weighted by Gasteiger charge is 2.19. The molecular weight excluding hydrogens is 841 g/mol. The summed E-state index contributed by atoms with van der Waals surface area (Å²) in [5.41, 5.74) is 0. The molecule has 1 unspecified atom stereocenters. The van der Waals surface area contributed by atoms with Gasteiger partial charge in [0.15, 0.2) is 6.10 Å². The van der Waals surface area contributed by atoms with Crippen molar-refractivity contribution in [2.24, 2.45) is 0 Å². The summed E-state index contributed by atoms with van der Waals surface area (Å²) < 4.78 is 16.8. The summed E-state index contributed by atoms with van der Waals surface area (Å²) in [6.45, 7) is 6.37. The molecule has 6 heteroatoms. The molecule has 0 radical (unpaired) electrons. The van der Waals surface area contributed by atoms with Gasteiger partial charge in [0.05, 0.1) is 0 Å². The molecule has 0 N–H and O–H groups in total. The van der Waals surface area contributed by atoms with E-state index in [4.69, 9.17) is 14.2 Å². The summed E-state index contributed by atoms with van der Waals surface area (Å²) >= 11 is 0. The molecule has 0 bridgehead atoms. The second-order valence-electron chi connectivity index (χ2n) is 18.0. The molecule has 0 amide bonds. The van der Waals surface area contributed by atoms with Crippen LogP contribution in [0.15, 0.2) is 122 Å². The Morgan fingerprint density at radius 2 is 0.574 bits per heavy atom. The van der Waals surface area contributed by atoms with Crippen LogP contribution >= 0.6 is 0 Å². The van der Waals surface area contributed by atoms with Crippen LogP contribution in [0.1, 0.15) is 233 Å². The van der Waals surface area contributed by atoms with Crippen LogP contribution in [0.5, 0.6) is 0 Å². The molecule has 68 heavy (non-hydrogen) atoms. The highest BCUT2D eigenvalue weighted by molar-refractivity contribution is 5.71. The SMILES string of the molecule is CC/C=C/C=C/C=C/C=C/CCCCCC(=O)OCC(COC(=O)CCCCCCCCCCCC/C=C/C=C/CCCCC)OC(=O)CCCCCCC/C=C/C=C/C=C/C=C/CCCCC. The van der Waals surface area contributed by atoms with Gasteiger partial charge in [-0.1, -0.05) is 245 Å². The summed E-state index contributed by atoms with van der Waals surface area (Å²) in [5, 5.41) is 0. The smallest absolute Gasteiger partial charge is 0.306 e. The van der Waals surface area contributed by atoms with Crippen molar-refractivity contribution >= 4 is 17.9 Å². The molecule has 6 nitrogen and oxygen atoms in total. The normalized spacial score (nSPS) is 13.0. The molecule has 0 heterocycles. The topological polar surface area (TPSA) is 78.9 Å². The number of allylic oxidation sites excluding steroid dienone is 20. The van der Waals surface area contributed by atoms with Crippen molar-refractivity contribution in [1.82, 2.24) is 0 Å². The van der Waals surface area contributed by atoms with E-state index in [1.54, 1.807) is 0 Å². The van der Waals surface area contributed by atoms with E-state index in [1.807, 2.05) is 36.5 Å². The summed E-state index contributed by atoms with van der Waals surface area (Å²) in [6, 6.07) is 0. The lowest BCUT2D eigenvalue weighted by molar-refractivity contribution is -0.167. The molecule has 0 aliphatic heterocycles. The van der Waals surface area contributed by atoms with E-state index in [2.05, 4.69) is 106 Å². The summed E-state index contributed by atoms with van der Waals surface area (Å²) in [5.74, 6) is -0.976. The van der Waals surface area contributed by atoms with Crippen LogP contribution in [-0.2, 0) is 28.6 Å². The zero-order valence-corrected chi connectivity index (χ0v) is 43.8. The Bertz CT molecular complexity index is 1450. The molecular formula is C62H100O6. The lowest BCUT2D eigenvalue weighted by atomic mass is 10.1. The van der Waals surface area contributed by atoms with Crippen molar-refractivity contribution in [2.45, 2.75) is 239 Å². The monoisotopic (exact) mass is 941 g/mol. The maximum atomic E-state index is 12.8. The van der Waals surface area contributed by atoms with Gasteiger partial charge in [-0.3, -0.25) is 14.4 Å². The number of carbonyl (C=O) groups excluding carboxylic acids is 3. The highest BCUT2D eigenvalue weighted by atomic mass is 16.6. The van der Waals surface area contributed by atoms with Crippen molar-refractivity contribution in [3.63, 3.8) is 0 Å². The molecule has 1 atom stereocenters. The number of carbonyl (C=O) groups is 3. The first kappa shape index (κ1) is 63.8. The van der Waals surface area contributed by atoms with E-state index >= 15 is 0 Å². The first-order valence-corrected chi connectivity index (χ1v) is 27.7. The standard InChI is InChI=1S/C62H100O6/c1-4-7-10-13-16-19-22-25-27-29-31-33-34-37-40-43-46-49-52-55-61(64)67-58-59(57-66-60(63)54-51-48-45-42-39-36-24-21-18-15-12-9-6-3)68-62(65)56-53-50-47-44-41-38-35-32-30-28-26-23-20-17-14-11-8-5-2/h9,12,15-26,28,30,32,35-36,39,59H,4-8,10-11,13-14,27,29,31,33-34,37-38,40-58H2,1-3H3/b12-9+,18-15+,19-16+,20-17+,24-21+,25-22+,26-23+,30-28+,35-32+,39-36+. The van der Waals surface area contributed by atoms with Crippen LogP contribution in [0.2, 0.25) is 0 Å². The maximum absolute atomic E-state index is 12.8. The number of unbranched alkanes of at least 4 members (excludes halogenated alkanes) is 24. The van der Waals surface area contributed by atoms with Crippen LogP contribution in [0.4, 0.5) is 0 Å². The average molecular weight is 941 g/mol. The second kappa shape index (κ2) is 55.4. The van der Waals surface area contributed by atoms with Crippen LogP contribution in [0.3, 0.4) is 0 Å². The summed E-state index contributed by atoms with van der Waals surface area (Å²) in [6.07, 6.45) is 76.1. The van der Waals surface area contributed by atoms with Gasteiger partial charge in [-0.15, -0.1) is 0 Å². The molecule has 0 aromatic carbocycles. The van der Waals surface area contributed by atoms with Crippen molar-refractivity contribution in [2.75, 3.05) is 13.2 Å². The van der Waals surface area contributed by atoms with Crippen LogP contribution in [0, 0.1) is 0 Å². The van der Waals surface area contributed by atoms with Crippen molar-refractivity contribution in [3.8, 4) is 0 Å². The van der Waals surface area contributed by atoms with Crippen LogP contribution in [-0.4, -0.2) is 37.2 Å². The number of hydrogen-bond donors (Lipinski definition) is 0. The first-order chi connectivity index (χ1) is 33.5. The molecule has 0 aliphatic rings. The number of rotatable bonds is 48. The van der Waals surface area contributed by atoms with Gasteiger partial charge < -0.3 is 14.2 Å². The largest absolute Gasteiger partial charge is 0.462 e. The van der Waals surface area contributed by atoms with Gasteiger partial charge in [0.2, 0.25) is 0 Å². The highest BCUT2D eigenvalue weighted by Crippen LogP contribution is 2.14. The minimum Gasteiger partial charge on any atom is -0.462 e. The van der Waals surface area contributed by atoms with Gasteiger partial charge in [0.25, 0.3) is 0 Å².